The second-order valence-corrected chi connectivity index (χ2v) is 6.80. The molecule has 2 heterocycles. The Balaban J connectivity index is 1.72. The van der Waals surface area contributed by atoms with Crippen LogP contribution in [0.15, 0.2) is 29.1 Å². The van der Waals surface area contributed by atoms with Gasteiger partial charge >= 0.3 is 0 Å². The van der Waals surface area contributed by atoms with Crippen molar-refractivity contribution in [3.05, 3.63) is 40.4 Å². The first kappa shape index (κ1) is 13.9. The molecule has 0 N–H and O–H groups in total. The van der Waals surface area contributed by atoms with E-state index in [-0.39, 0.29) is 5.56 Å². The number of likely N-dealkylation sites (tertiary alicyclic amines) is 1. The summed E-state index contributed by atoms with van der Waals surface area (Å²) in [6.07, 6.45) is 6.45. The molecule has 1 aromatic carbocycles. The molecule has 1 aromatic heterocycles. The molecule has 4 heteroatoms. The quantitative estimate of drug-likeness (QED) is 0.874. The zero-order chi connectivity index (χ0) is 15.1. The molecule has 0 radical (unpaired) electrons. The smallest absolute Gasteiger partial charge is 0.261 e. The maximum Gasteiger partial charge on any atom is 0.261 e. The van der Waals surface area contributed by atoms with Crippen molar-refractivity contribution in [2.75, 3.05) is 13.1 Å². The molecule has 1 aliphatic heterocycles. The SMILES string of the molecule is Cn1c(C2CCCN2CC2CCC2)nc2ccccc2c1=O. The minimum absolute atomic E-state index is 0.0797. The van der Waals surface area contributed by atoms with Gasteiger partial charge in [-0.05, 0) is 50.3 Å². The Kier molecular flexibility index (Phi) is 3.49. The second-order valence-electron chi connectivity index (χ2n) is 6.80. The summed E-state index contributed by atoms with van der Waals surface area (Å²) >= 11 is 0. The lowest BCUT2D eigenvalue weighted by molar-refractivity contribution is 0.160. The van der Waals surface area contributed by atoms with E-state index < -0.39 is 0 Å². The third kappa shape index (κ3) is 2.26. The Morgan fingerprint density at radius 3 is 2.77 bits per heavy atom. The molecule has 4 rings (SSSR count). The Hall–Kier alpha value is -1.68. The fourth-order valence-electron chi connectivity index (χ4n) is 3.88. The van der Waals surface area contributed by atoms with Crippen molar-refractivity contribution in [2.45, 2.75) is 38.1 Å². The summed E-state index contributed by atoms with van der Waals surface area (Å²) in [7, 11) is 1.87. The van der Waals surface area contributed by atoms with Gasteiger partial charge in [-0.15, -0.1) is 0 Å². The normalized spacial score (nSPS) is 23.0. The molecule has 1 unspecified atom stereocenters. The fraction of sp³-hybridized carbons (Fsp3) is 0.556. The van der Waals surface area contributed by atoms with Gasteiger partial charge in [-0.25, -0.2) is 4.98 Å². The van der Waals surface area contributed by atoms with Crippen LogP contribution in [0, 0.1) is 5.92 Å². The van der Waals surface area contributed by atoms with Crippen LogP contribution in [0.2, 0.25) is 0 Å². The first-order valence-corrected chi connectivity index (χ1v) is 8.44. The number of fused-ring (bicyclic) bond motifs is 1. The number of hydrogen-bond acceptors (Lipinski definition) is 3. The predicted molar refractivity (Wildman–Crippen MR) is 87.9 cm³/mol. The minimum atomic E-state index is 0.0797. The van der Waals surface area contributed by atoms with Gasteiger partial charge in [0.2, 0.25) is 0 Å². The lowest BCUT2D eigenvalue weighted by atomic mass is 9.85. The van der Waals surface area contributed by atoms with E-state index in [0.717, 1.165) is 35.6 Å². The Morgan fingerprint density at radius 2 is 2.00 bits per heavy atom. The number of benzene rings is 1. The van der Waals surface area contributed by atoms with Crippen LogP contribution in [0.25, 0.3) is 10.9 Å². The van der Waals surface area contributed by atoms with Crippen molar-refractivity contribution < 1.29 is 0 Å². The molecule has 2 aliphatic rings. The number of aromatic nitrogens is 2. The lowest BCUT2D eigenvalue weighted by Crippen LogP contribution is -2.35. The summed E-state index contributed by atoms with van der Waals surface area (Å²) in [5.74, 6) is 1.80. The van der Waals surface area contributed by atoms with Crippen LogP contribution in [0.5, 0.6) is 0 Å². The molecule has 2 aromatic rings. The maximum absolute atomic E-state index is 12.6. The summed E-state index contributed by atoms with van der Waals surface area (Å²) in [4.78, 5) is 20.0. The summed E-state index contributed by atoms with van der Waals surface area (Å²) in [6.45, 7) is 2.32. The summed E-state index contributed by atoms with van der Waals surface area (Å²) in [6, 6.07) is 7.99. The van der Waals surface area contributed by atoms with Crippen molar-refractivity contribution in [3.8, 4) is 0 Å². The molecule has 4 nitrogen and oxygen atoms in total. The van der Waals surface area contributed by atoms with Gasteiger partial charge in [-0.3, -0.25) is 14.3 Å². The van der Waals surface area contributed by atoms with Crippen LogP contribution in [0.4, 0.5) is 0 Å². The molecule has 1 aliphatic carbocycles. The molecule has 0 spiro atoms. The number of hydrogen-bond donors (Lipinski definition) is 0. The van der Waals surface area contributed by atoms with Crippen LogP contribution in [-0.4, -0.2) is 27.5 Å². The van der Waals surface area contributed by atoms with E-state index in [2.05, 4.69) is 4.90 Å². The van der Waals surface area contributed by atoms with Gasteiger partial charge in [0.25, 0.3) is 5.56 Å². The first-order valence-electron chi connectivity index (χ1n) is 8.44. The standard InChI is InChI=1S/C18H23N3O/c1-20-17(19-15-9-3-2-8-14(15)18(20)22)16-10-5-11-21(16)12-13-6-4-7-13/h2-3,8-9,13,16H,4-7,10-12H2,1H3. The van der Waals surface area contributed by atoms with E-state index in [1.54, 1.807) is 4.57 Å². The zero-order valence-electron chi connectivity index (χ0n) is 13.2. The van der Waals surface area contributed by atoms with Gasteiger partial charge in [0.05, 0.1) is 16.9 Å². The van der Waals surface area contributed by atoms with Crippen molar-refractivity contribution >= 4 is 10.9 Å². The van der Waals surface area contributed by atoms with Crippen LogP contribution >= 0.6 is 0 Å². The van der Waals surface area contributed by atoms with Crippen LogP contribution < -0.4 is 5.56 Å². The summed E-state index contributed by atoms with van der Waals surface area (Å²) in [5.41, 5.74) is 0.909. The van der Waals surface area contributed by atoms with E-state index in [4.69, 9.17) is 4.98 Å². The molecule has 0 bridgehead atoms. The van der Waals surface area contributed by atoms with Crippen LogP contribution in [0.3, 0.4) is 0 Å². The van der Waals surface area contributed by atoms with Crippen molar-refractivity contribution in [1.82, 2.24) is 14.5 Å². The summed E-state index contributed by atoms with van der Waals surface area (Å²) in [5, 5.41) is 0.720. The predicted octanol–water partition coefficient (Wildman–Crippen LogP) is 2.87. The largest absolute Gasteiger partial charge is 0.298 e. The minimum Gasteiger partial charge on any atom is -0.298 e. The molecule has 22 heavy (non-hydrogen) atoms. The van der Waals surface area contributed by atoms with Crippen LogP contribution in [0.1, 0.15) is 44.0 Å². The third-order valence-corrected chi connectivity index (χ3v) is 5.40. The highest BCUT2D eigenvalue weighted by Crippen LogP contribution is 2.35. The Bertz CT molecular complexity index is 748. The first-order chi connectivity index (χ1) is 10.7. The fourth-order valence-corrected chi connectivity index (χ4v) is 3.88. The number of rotatable bonds is 3. The zero-order valence-corrected chi connectivity index (χ0v) is 13.2. The Labute approximate surface area is 130 Å². The van der Waals surface area contributed by atoms with E-state index in [1.807, 2.05) is 31.3 Å². The molecular formula is C18H23N3O. The van der Waals surface area contributed by atoms with Gasteiger partial charge in [-0.1, -0.05) is 18.6 Å². The molecule has 1 saturated carbocycles. The number of nitrogens with zero attached hydrogens (tertiary/aromatic N) is 3. The van der Waals surface area contributed by atoms with Gasteiger partial charge in [-0.2, -0.15) is 0 Å². The molecule has 0 amide bonds. The van der Waals surface area contributed by atoms with E-state index >= 15 is 0 Å². The molecule has 1 saturated heterocycles. The van der Waals surface area contributed by atoms with Crippen LogP contribution in [-0.2, 0) is 7.05 Å². The highest BCUT2D eigenvalue weighted by molar-refractivity contribution is 5.77. The maximum atomic E-state index is 12.6. The lowest BCUT2D eigenvalue weighted by Gasteiger charge is -2.33. The topological polar surface area (TPSA) is 38.1 Å². The van der Waals surface area contributed by atoms with Gasteiger partial charge in [0, 0.05) is 13.6 Å². The molecule has 116 valence electrons. The molecular weight excluding hydrogens is 274 g/mol. The highest BCUT2D eigenvalue weighted by atomic mass is 16.1. The van der Waals surface area contributed by atoms with Crippen molar-refractivity contribution in [3.63, 3.8) is 0 Å². The highest BCUT2D eigenvalue weighted by Gasteiger charge is 2.32. The van der Waals surface area contributed by atoms with Crippen molar-refractivity contribution in [2.24, 2.45) is 13.0 Å². The van der Waals surface area contributed by atoms with Gasteiger partial charge < -0.3 is 0 Å². The van der Waals surface area contributed by atoms with Gasteiger partial charge in [0.1, 0.15) is 5.82 Å². The average molecular weight is 297 g/mol. The summed E-state index contributed by atoms with van der Waals surface area (Å²) < 4.78 is 1.77. The van der Waals surface area contributed by atoms with E-state index in [9.17, 15) is 4.79 Å². The molecule has 2 fully saturated rings. The van der Waals surface area contributed by atoms with Gasteiger partial charge in [0.15, 0.2) is 0 Å². The van der Waals surface area contributed by atoms with Crippen molar-refractivity contribution in [1.29, 1.82) is 0 Å². The van der Waals surface area contributed by atoms with E-state index in [1.165, 1.54) is 32.2 Å². The van der Waals surface area contributed by atoms with E-state index in [0.29, 0.717) is 6.04 Å². The average Bonchev–Trinajstić information content (AvgIpc) is 2.95. The number of para-hydroxylation sites is 1. The second kappa shape index (κ2) is 5.51. The Morgan fingerprint density at radius 1 is 1.18 bits per heavy atom. The third-order valence-electron chi connectivity index (χ3n) is 5.40. The monoisotopic (exact) mass is 297 g/mol. The molecule has 1 atom stereocenters.